The second kappa shape index (κ2) is 3.97. The first-order valence-corrected chi connectivity index (χ1v) is 4.26. The van der Waals surface area contributed by atoms with Crippen molar-refractivity contribution in [3.05, 3.63) is 45.3 Å². The highest BCUT2D eigenvalue weighted by atomic mass is 15.1. The van der Waals surface area contributed by atoms with Gasteiger partial charge in [-0.15, -0.1) is 0 Å². The van der Waals surface area contributed by atoms with Crippen molar-refractivity contribution in [1.82, 2.24) is 0 Å². The summed E-state index contributed by atoms with van der Waals surface area (Å²) in [7, 11) is 0. The molecular weight excluding hydrogens is 162 g/mol. The van der Waals surface area contributed by atoms with Gasteiger partial charge in [-0.25, -0.2) is 0 Å². The lowest BCUT2D eigenvalue weighted by Crippen LogP contribution is -1.93. The summed E-state index contributed by atoms with van der Waals surface area (Å²) in [6.45, 7) is 5.96. The molecule has 0 aliphatic carbocycles. The molecule has 0 aromatic heterocycles. The molecule has 0 heterocycles. The van der Waals surface area contributed by atoms with Crippen LogP contribution in [-0.4, -0.2) is 0 Å². The predicted molar refractivity (Wildman–Crippen MR) is 53.5 cm³/mol. The largest absolute Gasteiger partial charge is 0.0862 e. The number of aryl methyl sites for hydroxylation is 2. The molecule has 0 aliphatic heterocycles. The zero-order valence-electron chi connectivity index (χ0n) is 8.15. The van der Waals surface area contributed by atoms with E-state index in [1.807, 2.05) is 26.8 Å². The van der Waals surface area contributed by atoms with Crippen molar-refractivity contribution in [2.24, 2.45) is 5.11 Å². The van der Waals surface area contributed by atoms with Crippen molar-refractivity contribution in [1.29, 1.82) is 0 Å². The van der Waals surface area contributed by atoms with Gasteiger partial charge in [-0.1, -0.05) is 35.8 Å². The van der Waals surface area contributed by atoms with Crippen molar-refractivity contribution >= 4 is 0 Å². The SMILES string of the molecule is Cc1ccc(C)c([C@H](C)N=[N+]=[N-])c1. The molecule has 0 fully saturated rings. The van der Waals surface area contributed by atoms with Gasteiger partial charge >= 0.3 is 0 Å². The van der Waals surface area contributed by atoms with Gasteiger partial charge < -0.3 is 0 Å². The van der Waals surface area contributed by atoms with E-state index in [0.717, 1.165) is 5.56 Å². The van der Waals surface area contributed by atoms with Crippen LogP contribution in [0.5, 0.6) is 0 Å². The summed E-state index contributed by atoms with van der Waals surface area (Å²) in [5.74, 6) is 0. The van der Waals surface area contributed by atoms with Gasteiger partial charge in [0.15, 0.2) is 0 Å². The zero-order valence-corrected chi connectivity index (χ0v) is 8.15. The Labute approximate surface area is 78.0 Å². The third kappa shape index (κ3) is 2.23. The van der Waals surface area contributed by atoms with E-state index in [9.17, 15) is 0 Å². The van der Waals surface area contributed by atoms with Gasteiger partial charge in [0.05, 0.1) is 6.04 Å². The smallest absolute Gasteiger partial charge is 0.0599 e. The van der Waals surface area contributed by atoms with Crippen LogP contribution < -0.4 is 0 Å². The number of rotatable bonds is 2. The summed E-state index contributed by atoms with van der Waals surface area (Å²) in [6.07, 6.45) is 0. The third-order valence-corrected chi connectivity index (χ3v) is 2.11. The maximum Gasteiger partial charge on any atom is 0.0599 e. The van der Waals surface area contributed by atoms with Crippen molar-refractivity contribution in [2.45, 2.75) is 26.8 Å². The van der Waals surface area contributed by atoms with Crippen LogP contribution in [-0.2, 0) is 0 Å². The molecule has 0 amide bonds. The second-order valence-corrected chi connectivity index (χ2v) is 3.24. The van der Waals surface area contributed by atoms with E-state index in [2.05, 4.69) is 22.2 Å². The highest BCUT2D eigenvalue weighted by molar-refractivity contribution is 5.32. The van der Waals surface area contributed by atoms with Crippen LogP contribution in [0.3, 0.4) is 0 Å². The molecule has 3 heteroatoms. The van der Waals surface area contributed by atoms with E-state index in [4.69, 9.17) is 5.53 Å². The van der Waals surface area contributed by atoms with Gasteiger partial charge in [0.1, 0.15) is 0 Å². The van der Waals surface area contributed by atoms with Gasteiger partial charge in [0.25, 0.3) is 0 Å². The number of benzene rings is 1. The normalized spacial score (nSPS) is 11.9. The van der Waals surface area contributed by atoms with Crippen LogP contribution in [0.1, 0.15) is 29.7 Å². The fourth-order valence-corrected chi connectivity index (χ4v) is 1.35. The van der Waals surface area contributed by atoms with Gasteiger partial charge in [-0.2, -0.15) is 0 Å². The molecule has 0 saturated heterocycles. The molecule has 0 saturated carbocycles. The fourth-order valence-electron chi connectivity index (χ4n) is 1.35. The third-order valence-electron chi connectivity index (χ3n) is 2.11. The number of hydrogen-bond acceptors (Lipinski definition) is 1. The predicted octanol–water partition coefficient (Wildman–Crippen LogP) is 3.67. The summed E-state index contributed by atoms with van der Waals surface area (Å²) in [5, 5.41) is 3.68. The van der Waals surface area contributed by atoms with E-state index < -0.39 is 0 Å². The Hall–Kier alpha value is -1.47. The summed E-state index contributed by atoms with van der Waals surface area (Å²) >= 11 is 0. The van der Waals surface area contributed by atoms with Crippen molar-refractivity contribution in [3.8, 4) is 0 Å². The molecule has 0 unspecified atom stereocenters. The average molecular weight is 175 g/mol. The molecule has 3 nitrogen and oxygen atoms in total. The lowest BCUT2D eigenvalue weighted by molar-refractivity contribution is 0.798. The number of azide groups is 1. The van der Waals surface area contributed by atoms with E-state index >= 15 is 0 Å². The lowest BCUT2D eigenvalue weighted by atomic mass is 10.0. The zero-order chi connectivity index (χ0) is 9.84. The highest BCUT2D eigenvalue weighted by Crippen LogP contribution is 2.21. The summed E-state index contributed by atoms with van der Waals surface area (Å²) in [4.78, 5) is 2.81. The quantitative estimate of drug-likeness (QED) is 0.374. The van der Waals surface area contributed by atoms with E-state index in [-0.39, 0.29) is 6.04 Å². The summed E-state index contributed by atoms with van der Waals surface area (Å²) in [5.41, 5.74) is 11.8. The lowest BCUT2D eigenvalue weighted by Gasteiger charge is -2.09. The highest BCUT2D eigenvalue weighted by Gasteiger charge is 2.05. The standard InChI is InChI=1S/C10H13N3/c1-7-4-5-8(2)10(6-7)9(3)12-13-11/h4-6,9H,1-3H3/t9-/m0/s1. The second-order valence-electron chi connectivity index (χ2n) is 3.24. The maximum atomic E-state index is 8.32. The molecule has 13 heavy (non-hydrogen) atoms. The van der Waals surface area contributed by atoms with Crippen LogP contribution >= 0.6 is 0 Å². The van der Waals surface area contributed by atoms with Gasteiger partial charge in [0, 0.05) is 4.91 Å². The van der Waals surface area contributed by atoms with Crippen molar-refractivity contribution in [2.75, 3.05) is 0 Å². The minimum atomic E-state index is -0.0788. The Morgan fingerprint density at radius 2 is 2.08 bits per heavy atom. The molecule has 68 valence electrons. The van der Waals surface area contributed by atoms with Crippen molar-refractivity contribution < 1.29 is 0 Å². The van der Waals surface area contributed by atoms with Crippen molar-refractivity contribution in [3.63, 3.8) is 0 Å². The fraction of sp³-hybridized carbons (Fsp3) is 0.400. The molecule has 0 bridgehead atoms. The molecule has 1 atom stereocenters. The first-order chi connectivity index (χ1) is 6.15. The topological polar surface area (TPSA) is 48.8 Å². The van der Waals surface area contributed by atoms with Crippen LogP contribution in [0.2, 0.25) is 0 Å². The number of nitrogens with zero attached hydrogens (tertiary/aromatic N) is 3. The Bertz CT molecular complexity index is 351. The van der Waals surface area contributed by atoms with E-state index in [1.54, 1.807) is 0 Å². The Balaban J connectivity index is 3.12. The molecular formula is C10H13N3. The monoisotopic (exact) mass is 175 g/mol. The average Bonchev–Trinajstić information content (AvgIpc) is 2.09. The Morgan fingerprint density at radius 1 is 1.38 bits per heavy atom. The molecule has 0 spiro atoms. The Morgan fingerprint density at radius 3 is 2.69 bits per heavy atom. The molecule has 1 aromatic carbocycles. The van der Waals surface area contributed by atoms with Gasteiger partial charge in [0.2, 0.25) is 0 Å². The van der Waals surface area contributed by atoms with Crippen LogP contribution in [0, 0.1) is 13.8 Å². The molecule has 0 N–H and O–H groups in total. The van der Waals surface area contributed by atoms with Crippen LogP contribution in [0.25, 0.3) is 10.4 Å². The molecule has 0 radical (unpaired) electrons. The Kier molecular flexibility index (Phi) is 2.93. The maximum absolute atomic E-state index is 8.32. The number of hydrogen-bond donors (Lipinski definition) is 0. The first-order valence-electron chi connectivity index (χ1n) is 4.26. The van der Waals surface area contributed by atoms with Crippen LogP contribution in [0.15, 0.2) is 23.3 Å². The summed E-state index contributed by atoms with van der Waals surface area (Å²) < 4.78 is 0. The van der Waals surface area contributed by atoms with E-state index in [1.165, 1.54) is 11.1 Å². The van der Waals surface area contributed by atoms with Gasteiger partial charge in [-0.05, 0) is 30.5 Å². The molecule has 1 rings (SSSR count). The van der Waals surface area contributed by atoms with E-state index in [0.29, 0.717) is 0 Å². The summed E-state index contributed by atoms with van der Waals surface area (Å²) in [6, 6.07) is 6.09. The van der Waals surface area contributed by atoms with Gasteiger partial charge in [-0.3, -0.25) is 0 Å². The minimum Gasteiger partial charge on any atom is -0.0862 e. The minimum absolute atomic E-state index is 0.0788. The van der Waals surface area contributed by atoms with Crippen LogP contribution in [0.4, 0.5) is 0 Å². The molecule has 0 aliphatic rings. The molecule has 1 aromatic rings. The first kappa shape index (κ1) is 9.62.